The first-order valence-corrected chi connectivity index (χ1v) is 9.08. The Bertz CT molecular complexity index is 1040. The largest absolute Gasteiger partial charge is 0.345 e. The molecule has 0 radical (unpaired) electrons. The van der Waals surface area contributed by atoms with Crippen LogP contribution in [0.2, 0.25) is 0 Å². The zero-order valence-electron chi connectivity index (χ0n) is 16.0. The fourth-order valence-electron chi connectivity index (χ4n) is 3.46. The Morgan fingerprint density at radius 1 is 1.14 bits per heavy atom. The van der Waals surface area contributed by atoms with E-state index < -0.39 is 0 Å². The molecule has 0 bridgehead atoms. The summed E-state index contributed by atoms with van der Waals surface area (Å²) in [4.78, 5) is 41.0. The third-order valence-corrected chi connectivity index (χ3v) is 4.96. The maximum Gasteiger partial charge on any atom is 0.274 e. The molecule has 9 nitrogen and oxygen atoms in total. The van der Waals surface area contributed by atoms with Crippen molar-refractivity contribution in [2.75, 3.05) is 27.2 Å². The van der Waals surface area contributed by atoms with Crippen LogP contribution in [-0.2, 0) is 0 Å². The second kappa shape index (κ2) is 6.99. The van der Waals surface area contributed by atoms with E-state index in [4.69, 9.17) is 0 Å². The quantitative estimate of drug-likeness (QED) is 0.677. The van der Waals surface area contributed by atoms with Gasteiger partial charge in [0, 0.05) is 45.5 Å². The molecule has 9 heteroatoms. The normalized spacial score (nSPS) is 16.5. The van der Waals surface area contributed by atoms with Gasteiger partial charge in [-0.05, 0) is 19.4 Å². The van der Waals surface area contributed by atoms with Crippen molar-refractivity contribution in [3.8, 4) is 0 Å². The van der Waals surface area contributed by atoms with E-state index in [2.05, 4.69) is 20.1 Å². The summed E-state index contributed by atoms with van der Waals surface area (Å²) in [5.41, 5.74) is 3.06. The molecule has 4 rings (SSSR count). The van der Waals surface area contributed by atoms with Crippen molar-refractivity contribution in [3.05, 3.63) is 53.5 Å². The van der Waals surface area contributed by atoms with Crippen LogP contribution in [0.25, 0.3) is 5.65 Å². The van der Waals surface area contributed by atoms with Crippen molar-refractivity contribution >= 4 is 17.5 Å². The van der Waals surface area contributed by atoms with Crippen molar-refractivity contribution in [2.24, 2.45) is 0 Å². The number of fused-ring (bicyclic) bond motifs is 1. The Hall–Kier alpha value is -3.36. The van der Waals surface area contributed by atoms with E-state index in [1.807, 2.05) is 13.0 Å². The van der Waals surface area contributed by atoms with Gasteiger partial charge in [0.1, 0.15) is 11.3 Å². The first-order valence-electron chi connectivity index (χ1n) is 9.08. The maximum atomic E-state index is 12.7. The summed E-state index contributed by atoms with van der Waals surface area (Å²) in [6.07, 6.45) is 7.16. The predicted molar refractivity (Wildman–Crippen MR) is 101 cm³/mol. The van der Waals surface area contributed by atoms with E-state index in [-0.39, 0.29) is 17.7 Å². The highest BCUT2D eigenvalue weighted by Gasteiger charge is 2.31. The van der Waals surface area contributed by atoms with Crippen LogP contribution in [0.4, 0.5) is 0 Å². The number of carbonyl (C=O) groups is 2. The van der Waals surface area contributed by atoms with Crippen LogP contribution in [0.5, 0.6) is 0 Å². The Morgan fingerprint density at radius 3 is 2.68 bits per heavy atom. The van der Waals surface area contributed by atoms with Crippen LogP contribution in [0, 0.1) is 6.92 Å². The number of hydrogen-bond acceptors (Lipinski definition) is 6. The topological polar surface area (TPSA) is 96.6 Å². The van der Waals surface area contributed by atoms with E-state index in [0.29, 0.717) is 30.0 Å². The number of likely N-dealkylation sites (tertiary alicyclic amines) is 1. The van der Waals surface area contributed by atoms with Gasteiger partial charge in [0.2, 0.25) is 0 Å². The summed E-state index contributed by atoms with van der Waals surface area (Å²) in [6, 6.07) is 1.90. The molecule has 0 N–H and O–H groups in total. The van der Waals surface area contributed by atoms with E-state index in [1.54, 1.807) is 42.1 Å². The highest BCUT2D eigenvalue weighted by Crippen LogP contribution is 2.28. The summed E-state index contributed by atoms with van der Waals surface area (Å²) in [7, 11) is 3.40. The number of hydrogen-bond donors (Lipinski definition) is 0. The van der Waals surface area contributed by atoms with Crippen molar-refractivity contribution in [3.63, 3.8) is 0 Å². The molecule has 144 valence electrons. The molecule has 0 aromatic carbocycles. The first-order chi connectivity index (χ1) is 13.5. The van der Waals surface area contributed by atoms with Crippen molar-refractivity contribution < 1.29 is 9.59 Å². The van der Waals surface area contributed by atoms with Crippen LogP contribution < -0.4 is 0 Å². The van der Waals surface area contributed by atoms with Crippen LogP contribution >= 0.6 is 0 Å². The molecule has 1 fully saturated rings. The van der Waals surface area contributed by atoms with Gasteiger partial charge in [0.25, 0.3) is 11.8 Å². The molecule has 2 amide bonds. The minimum absolute atomic E-state index is 0.107. The van der Waals surface area contributed by atoms with E-state index in [1.165, 1.54) is 11.1 Å². The molecule has 1 saturated heterocycles. The van der Waals surface area contributed by atoms with Gasteiger partial charge in [0.05, 0.1) is 23.8 Å². The third kappa shape index (κ3) is 3.08. The molecule has 3 aromatic heterocycles. The molecule has 1 aliphatic heterocycles. The van der Waals surface area contributed by atoms with E-state index in [0.717, 1.165) is 17.8 Å². The standard InChI is InChI=1S/C19H21N7O2/c1-12-8-22-15(10-21-12)19(28)25-7-5-13(11-25)16-4-6-20-17-14(9-23-26(16)17)18(27)24(2)3/h4,6,8-10,13H,5,7,11H2,1-3H3/t13-/m0/s1. The summed E-state index contributed by atoms with van der Waals surface area (Å²) in [6.45, 7) is 3.03. The molecule has 0 saturated carbocycles. The number of aryl methyl sites for hydroxylation is 1. The average molecular weight is 379 g/mol. The van der Waals surface area contributed by atoms with E-state index in [9.17, 15) is 9.59 Å². The number of nitrogens with zero attached hydrogens (tertiary/aromatic N) is 7. The summed E-state index contributed by atoms with van der Waals surface area (Å²) in [5.74, 6) is -0.153. The smallest absolute Gasteiger partial charge is 0.274 e. The molecular weight excluding hydrogens is 358 g/mol. The van der Waals surface area contributed by atoms with Gasteiger partial charge in [-0.15, -0.1) is 0 Å². The molecule has 0 spiro atoms. The van der Waals surface area contributed by atoms with Gasteiger partial charge in [-0.1, -0.05) is 0 Å². The molecule has 4 heterocycles. The lowest BCUT2D eigenvalue weighted by molar-refractivity contribution is 0.0783. The summed E-state index contributed by atoms with van der Waals surface area (Å²) in [5, 5.41) is 4.39. The van der Waals surface area contributed by atoms with Crippen molar-refractivity contribution in [1.82, 2.24) is 34.4 Å². The van der Waals surface area contributed by atoms with Crippen LogP contribution in [-0.4, -0.2) is 73.4 Å². The first kappa shape index (κ1) is 18.0. The predicted octanol–water partition coefficient (Wildman–Crippen LogP) is 1.16. The zero-order chi connectivity index (χ0) is 19.8. The Labute approximate surface area is 162 Å². The SMILES string of the molecule is Cc1cnc(C(=O)N2CC[C@H](c3ccnc4c(C(=O)N(C)C)cnn34)C2)cn1. The monoisotopic (exact) mass is 379 g/mol. The molecule has 0 unspecified atom stereocenters. The lowest BCUT2D eigenvalue weighted by Gasteiger charge is -2.16. The minimum atomic E-state index is -0.138. The maximum absolute atomic E-state index is 12.7. The highest BCUT2D eigenvalue weighted by molar-refractivity contribution is 5.99. The number of amides is 2. The highest BCUT2D eigenvalue weighted by atomic mass is 16.2. The summed E-state index contributed by atoms with van der Waals surface area (Å²) >= 11 is 0. The minimum Gasteiger partial charge on any atom is -0.345 e. The van der Waals surface area contributed by atoms with Crippen LogP contribution in [0.1, 0.15) is 44.6 Å². The fourth-order valence-corrected chi connectivity index (χ4v) is 3.46. The van der Waals surface area contributed by atoms with Crippen molar-refractivity contribution in [2.45, 2.75) is 19.3 Å². The summed E-state index contributed by atoms with van der Waals surface area (Å²) < 4.78 is 1.71. The van der Waals surface area contributed by atoms with Gasteiger partial charge in [0.15, 0.2) is 5.65 Å². The lowest BCUT2D eigenvalue weighted by atomic mass is 10.0. The van der Waals surface area contributed by atoms with Gasteiger partial charge < -0.3 is 9.80 Å². The second-order valence-electron chi connectivity index (χ2n) is 7.14. The van der Waals surface area contributed by atoms with Gasteiger partial charge >= 0.3 is 0 Å². The van der Waals surface area contributed by atoms with Crippen LogP contribution in [0.3, 0.4) is 0 Å². The Morgan fingerprint density at radius 2 is 1.96 bits per heavy atom. The van der Waals surface area contributed by atoms with Gasteiger partial charge in [-0.3, -0.25) is 14.6 Å². The molecule has 1 aliphatic rings. The Kier molecular flexibility index (Phi) is 4.50. The number of rotatable bonds is 3. The molecule has 3 aromatic rings. The lowest BCUT2D eigenvalue weighted by Crippen LogP contribution is -2.29. The second-order valence-corrected chi connectivity index (χ2v) is 7.14. The third-order valence-electron chi connectivity index (χ3n) is 4.96. The number of aromatic nitrogens is 5. The van der Waals surface area contributed by atoms with Gasteiger partial charge in [-0.2, -0.15) is 5.10 Å². The van der Waals surface area contributed by atoms with E-state index >= 15 is 0 Å². The zero-order valence-corrected chi connectivity index (χ0v) is 16.0. The van der Waals surface area contributed by atoms with Crippen LogP contribution in [0.15, 0.2) is 30.9 Å². The number of carbonyl (C=O) groups excluding carboxylic acids is 2. The average Bonchev–Trinajstić information content (AvgIpc) is 3.34. The molecular formula is C19H21N7O2. The fraction of sp³-hybridized carbons (Fsp3) is 0.368. The molecule has 0 aliphatic carbocycles. The molecule has 28 heavy (non-hydrogen) atoms. The van der Waals surface area contributed by atoms with Crippen molar-refractivity contribution in [1.29, 1.82) is 0 Å². The van der Waals surface area contributed by atoms with Gasteiger partial charge in [-0.25, -0.2) is 14.5 Å². The Balaban J connectivity index is 1.59. The molecule has 1 atom stereocenters.